The van der Waals surface area contributed by atoms with Gasteiger partial charge in [-0.3, -0.25) is 0 Å². The van der Waals surface area contributed by atoms with E-state index < -0.39 is 11.9 Å². The first-order chi connectivity index (χ1) is 8.06. The van der Waals surface area contributed by atoms with Crippen LogP contribution in [0, 0.1) is 0 Å². The molecule has 0 amide bonds. The van der Waals surface area contributed by atoms with Crippen LogP contribution in [-0.2, 0) is 16.0 Å². The Kier molecular flexibility index (Phi) is 7.97. The number of carbonyl (C=O) groups is 2. The molecule has 0 atom stereocenters. The quantitative estimate of drug-likeness (QED) is 0.675. The maximum absolute atomic E-state index is 9.55. The van der Waals surface area contributed by atoms with Crippen LogP contribution in [0.4, 0.5) is 0 Å². The van der Waals surface area contributed by atoms with Crippen molar-refractivity contribution in [1.82, 2.24) is 0 Å². The summed E-state index contributed by atoms with van der Waals surface area (Å²) in [6, 6.07) is 10.3. The Bertz CT molecular complexity index is 357. The van der Waals surface area contributed by atoms with Gasteiger partial charge in [0, 0.05) is 12.2 Å². The third kappa shape index (κ3) is 10.1. The monoisotopic (exact) mass is 237 g/mol. The Balaban J connectivity index is 0.000000304. The molecule has 0 aliphatic heterocycles. The van der Waals surface area contributed by atoms with Gasteiger partial charge in [-0.25, -0.2) is 9.59 Å². The van der Waals surface area contributed by atoms with Crippen LogP contribution >= 0.6 is 0 Å². The number of carboxylic acid groups (broad SMARTS) is 2. The molecule has 0 fully saturated rings. The van der Waals surface area contributed by atoms with Crippen molar-refractivity contribution in [2.75, 3.05) is 6.54 Å². The molecule has 0 radical (unpaired) electrons. The molecular weight excluding hydrogens is 222 g/mol. The maximum Gasteiger partial charge on any atom is 0.328 e. The Labute approximate surface area is 99.2 Å². The van der Waals surface area contributed by atoms with Crippen LogP contribution < -0.4 is 5.73 Å². The predicted molar refractivity (Wildman–Crippen MR) is 63.6 cm³/mol. The number of nitrogens with two attached hydrogens (primary N) is 1. The molecule has 1 rings (SSSR count). The van der Waals surface area contributed by atoms with Crippen molar-refractivity contribution in [3.63, 3.8) is 0 Å². The first-order valence-corrected chi connectivity index (χ1v) is 4.94. The molecule has 1 aromatic rings. The highest BCUT2D eigenvalue weighted by molar-refractivity contribution is 5.89. The molecule has 0 bridgehead atoms. The van der Waals surface area contributed by atoms with E-state index in [1.54, 1.807) is 0 Å². The fourth-order valence-corrected chi connectivity index (χ4v) is 0.954. The standard InChI is InChI=1S/C8H11N.C4H4O4/c9-7-6-8-4-2-1-3-5-8;5-3(6)1-2-4(7)8/h1-5H,6-7,9H2;1-2H,(H,5,6)(H,7,8). The van der Waals surface area contributed by atoms with Gasteiger partial charge < -0.3 is 15.9 Å². The van der Waals surface area contributed by atoms with E-state index in [0.717, 1.165) is 13.0 Å². The van der Waals surface area contributed by atoms with Crippen molar-refractivity contribution in [1.29, 1.82) is 0 Å². The molecule has 5 heteroatoms. The minimum Gasteiger partial charge on any atom is -0.478 e. The molecule has 0 unspecified atom stereocenters. The molecule has 92 valence electrons. The molecule has 1 aromatic carbocycles. The first kappa shape index (κ1) is 14.9. The van der Waals surface area contributed by atoms with Crippen molar-refractivity contribution >= 4 is 11.9 Å². The van der Waals surface area contributed by atoms with Gasteiger partial charge in [0.15, 0.2) is 0 Å². The van der Waals surface area contributed by atoms with Crippen molar-refractivity contribution in [3.8, 4) is 0 Å². The summed E-state index contributed by atoms with van der Waals surface area (Å²) in [5.74, 6) is -2.51. The zero-order valence-corrected chi connectivity index (χ0v) is 9.24. The molecule has 0 aromatic heterocycles. The van der Waals surface area contributed by atoms with E-state index in [4.69, 9.17) is 15.9 Å². The number of aliphatic carboxylic acids is 2. The average molecular weight is 237 g/mol. The normalized spacial score (nSPS) is 9.47. The van der Waals surface area contributed by atoms with Crippen molar-refractivity contribution in [2.24, 2.45) is 5.73 Å². The van der Waals surface area contributed by atoms with Gasteiger partial charge in [0.25, 0.3) is 0 Å². The van der Waals surface area contributed by atoms with E-state index >= 15 is 0 Å². The zero-order valence-electron chi connectivity index (χ0n) is 9.24. The number of benzene rings is 1. The summed E-state index contributed by atoms with van der Waals surface area (Å²) < 4.78 is 0. The molecule has 0 saturated heterocycles. The number of carboxylic acids is 2. The molecule has 4 N–H and O–H groups in total. The highest BCUT2D eigenvalue weighted by Crippen LogP contribution is 1.96. The van der Waals surface area contributed by atoms with Crippen molar-refractivity contribution in [2.45, 2.75) is 6.42 Å². The van der Waals surface area contributed by atoms with Gasteiger partial charge >= 0.3 is 11.9 Å². The molecule has 0 heterocycles. The van der Waals surface area contributed by atoms with Gasteiger partial charge in [0.2, 0.25) is 0 Å². The van der Waals surface area contributed by atoms with E-state index in [2.05, 4.69) is 12.1 Å². The Morgan fingerprint density at radius 2 is 1.53 bits per heavy atom. The molecule has 0 aliphatic rings. The molecule has 0 spiro atoms. The summed E-state index contributed by atoms with van der Waals surface area (Å²) >= 11 is 0. The van der Waals surface area contributed by atoms with Crippen LogP contribution in [0.5, 0.6) is 0 Å². The van der Waals surface area contributed by atoms with Gasteiger partial charge in [0.05, 0.1) is 0 Å². The van der Waals surface area contributed by atoms with E-state index in [9.17, 15) is 9.59 Å². The fraction of sp³-hybridized carbons (Fsp3) is 0.167. The van der Waals surface area contributed by atoms with Crippen LogP contribution in [0.2, 0.25) is 0 Å². The summed E-state index contributed by atoms with van der Waals surface area (Å²) in [5.41, 5.74) is 6.68. The van der Waals surface area contributed by atoms with Gasteiger partial charge in [-0.1, -0.05) is 30.3 Å². The Morgan fingerprint density at radius 3 is 1.88 bits per heavy atom. The molecule has 5 nitrogen and oxygen atoms in total. The second kappa shape index (κ2) is 9.11. The fourth-order valence-electron chi connectivity index (χ4n) is 0.954. The largest absolute Gasteiger partial charge is 0.478 e. The van der Waals surface area contributed by atoms with E-state index in [1.165, 1.54) is 5.56 Å². The summed E-state index contributed by atoms with van der Waals surface area (Å²) in [7, 11) is 0. The summed E-state index contributed by atoms with van der Waals surface area (Å²) in [5, 5.41) is 15.6. The SMILES string of the molecule is NCCc1ccccc1.O=C(O)C=CC(=O)O. The van der Waals surface area contributed by atoms with Crippen LogP contribution in [0.3, 0.4) is 0 Å². The number of rotatable bonds is 4. The van der Waals surface area contributed by atoms with Crippen LogP contribution in [0.25, 0.3) is 0 Å². The van der Waals surface area contributed by atoms with Crippen LogP contribution in [0.15, 0.2) is 42.5 Å². The minimum absolute atomic E-state index is 0.558. The summed E-state index contributed by atoms with van der Waals surface area (Å²) in [6.45, 7) is 0.740. The topological polar surface area (TPSA) is 101 Å². The molecular formula is C12H15NO4. The Hall–Kier alpha value is -2.14. The van der Waals surface area contributed by atoms with Gasteiger partial charge in [-0.2, -0.15) is 0 Å². The lowest BCUT2D eigenvalue weighted by Gasteiger charge is -1.93. The third-order valence-corrected chi connectivity index (χ3v) is 1.64. The molecule has 0 saturated carbocycles. The highest BCUT2D eigenvalue weighted by Gasteiger charge is 1.88. The lowest BCUT2D eigenvalue weighted by Crippen LogP contribution is -2.01. The molecule has 17 heavy (non-hydrogen) atoms. The van der Waals surface area contributed by atoms with Crippen molar-refractivity contribution in [3.05, 3.63) is 48.0 Å². The van der Waals surface area contributed by atoms with Gasteiger partial charge in [-0.15, -0.1) is 0 Å². The van der Waals surface area contributed by atoms with Crippen LogP contribution in [0.1, 0.15) is 5.56 Å². The van der Waals surface area contributed by atoms with Crippen molar-refractivity contribution < 1.29 is 19.8 Å². The number of hydrogen-bond acceptors (Lipinski definition) is 3. The van der Waals surface area contributed by atoms with E-state index in [-0.39, 0.29) is 0 Å². The lowest BCUT2D eigenvalue weighted by molar-refractivity contribution is -0.134. The predicted octanol–water partition coefficient (Wildman–Crippen LogP) is 0.900. The second-order valence-corrected chi connectivity index (χ2v) is 3.03. The summed E-state index contributed by atoms with van der Waals surface area (Å²) in [6.07, 6.45) is 2.10. The van der Waals surface area contributed by atoms with Gasteiger partial charge in [-0.05, 0) is 18.5 Å². The van der Waals surface area contributed by atoms with E-state index in [0.29, 0.717) is 12.2 Å². The van der Waals surface area contributed by atoms with Crippen LogP contribution in [-0.4, -0.2) is 28.7 Å². The summed E-state index contributed by atoms with van der Waals surface area (Å²) in [4.78, 5) is 19.1. The Morgan fingerprint density at radius 1 is 1.06 bits per heavy atom. The minimum atomic E-state index is -1.26. The first-order valence-electron chi connectivity index (χ1n) is 4.94. The second-order valence-electron chi connectivity index (χ2n) is 3.03. The maximum atomic E-state index is 9.55. The molecule has 0 aliphatic carbocycles. The zero-order chi connectivity index (χ0) is 13.1. The smallest absolute Gasteiger partial charge is 0.328 e. The van der Waals surface area contributed by atoms with E-state index in [1.807, 2.05) is 18.2 Å². The van der Waals surface area contributed by atoms with Gasteiger partial charge in [0.1, 0.15) is 0 Å². The third-order valence-electron chi connectivity index (χ3n) is 1.64. The number of hydrogen-bond donors (Lipinski definition) is 3. The highest BCUT2D eigenvalue weighted by atomic mass is 16.4. The lowest BCUT2D eigenvalue weighted by atomic mass is 10.2. The average Bonchev–Trinajstić information content (AvgIpc) is 2.29.